The van der Waals surface area contributed by atoms with Crippen molar-refractivity contribution in [3.05, 3.63) is 47.5 Å². The quantitative estimate of drug-likeness (QED) is 0.888. The van der Waals surface area contributed by atoms with Crippen molar-refractivity contribution in [2.45, 2.75) is 25.7 Å². The predicted molar refractivity (Wildman–Crippen MR) is 97.1 cm³/mol. The summed E-state index contributed by atoms with van der Waals surface area (Å²) in [5, 5.41) is 2.32. The van der Waals surface area contributed by atoms with E-state index in [0.29, 0.717) is 0 Å². The van der Waals surface area contributed by atoms with Gasteiger partial charge in [-0.1, -0.05) is 43.3 Å². The van der Waals surface area contributed by atoms with Crippen LogP contribution in [0, 0.1) is 0 Å². The van der Waals surface area contributed by atoms with Crippen molar-refractivity contribution in [3.63, 3.8) is 0 Å². The number of rotatable bonds is 6. The zero-order valence-electron chi connectivity index (χ0n) is 14.3. The summed E-state index contributed by atoms with van der Waals surface area (Å²) in [5.74, 6) is -0.461. The lowest BCUT2D eigenvalue weighted by Crippen LogP contribution is -2.37. The van der Waals surface area contributed by atoms with Gasteiger partial charge in [0.15, 0.2) is 0 Å². The summed E-state index contributed by atoms with van der Waals surface area (Å²) >= 11 is 0. The van der Waals surface area contributed by atoms with E-state index in [2.05, 4.69) is 29.2 Å². The second-order valence-electron chi connectivity index (χ2n) is 6.43. The van der Waals surface area contributed by atoms with Crippen LogP contribution in [-0.4, -0.2) is 43.7 Å². The van der Waals surface area contributed by atoms with Gasteiger partial charge in [0.05, 0.1) is 19.1 Å². The Balaban J connectivity index is 1.94. The van der Waals surface area contributed by atoms with Crippen LogP contribution < -0.4 is 5.73 Å². The maximum Gasteiger partial charge on any atom is 0.224 e. The number of morpholine rings is 1. The van der Waals surface area contributed by atoms with Gasteiger partial charge in [0, 0.05) is 19.6 Å². The summed E-state index contributed by atoms with van der Waals surface area (Å²) in [5.41, 5.74) is 8.08. The van der Waals surface area contributed by atoms with Gasteiger partial charge < -0.3 is 10.5 Å². The highest BCUT2D eigenvalue weighted by Crippen LogP contribution is 2.31. The number of amides is 1. The van der Waals surface area contributed by atoms with Crippen LogP contribution in [-0.2, 0) is 16.0 Å². The SMILES string of the molecule is CCC(C(N)=O)c1c(CCN2CCOCC2)ccc2ccccc12. The number of benzene rings is 2. The molecular formula is C20H26N2O2. The van der Waals surface area contributed by atoms with Crippen molar-refractivity contribution in [1.82, 2.24) is 4.90 Å². The maximum absolute atomic E-state index is 12.0. The summed E-state index contributed by atoms with van der Waals surface area (Å²) in [4.78, 5) is 14.5. The van der Waals surface area contributed by atoms with E-state index in [1.165, 1.54) is 10.9 Å². The molecular weight excluding hydrogens is 300 g/mol. The van der Waals surface area contributed by atoms with Gasteiger partial charge in [-0.15, -0.1) is 0 Å². The molecule has 4 nitrogen and oxygen atoms in total. The summed E-state index contributed by atoms with van der Waals surface area (Å²) < 4.78 is 5.42. The molecule has 0 aromatic heterocycles. The molecule has 1 aliphatic heterocycles. The highest BCUT2D eigenvalue weighted by atomic mass is 16.5. The summed E-state index contributed by atoms with van der Waals surface area (Å²) in [6.45, 7) is 6.60. The molecule has 128 valence electrons. The first-order valence-corrected chi connectivity index (χ1v) is 8.80. The lowest BCUT2D eigenvalue weighted by Gasteiger charge is -2.27. The van der Waals surface area contributed by atoms with Crippen molar-refractivity contribution in [1.29, 1.82) is 0 Å². The van der Waals surface area contributed by atoms with Gasteiger partial charge in [-0.3, -0.25) is 9.69 Å². The highest BCUT2D eigenvalue weighted by molar-refractivity contribution is 5.93. The Morgan fingerprint density at radius 1 is 1.21 bits per heavy atom. The van der Waals surface area contributed by atoms with Gasteiger partial charge in [0.1, 0.15) is 0 Å². The third-order valence-electron chi connectivity index (χ3n) is 4.96. The molecule has 3 rings (SSSR count). The van der Waals surface area contributed by atoms with Crippen molar-refractivity contribution in [3.8, 4) is 0 Å². The molecule has 0 saturated carbocycles. The third kappa shape index (κ3) is 3.60. The Kier molecular flexibility index (Phi) is 5.48. The molecule has 4 heteroatoms. The van der Waals surface area contributed by atoms with E-state index in [9.17, 15) is 4.79 Å². The minimum atomic E-state index is -0.235. The minimum absolute atomic E-state index is 0.226. The molecule has 2 N–H and O–H groups in total. The topological polar surface area (TPSA) is 55.6 Å². The molecule has 1 fully saturated rings. The van der Waals surface area contributed by atoms with E-state index >= 15 is 0 Å². The fraction of sp³-hybridized carbons (Fsp3) is 0.450. The third-order valence-corrected chi connectivity index (χ3v) is 4.96. The molecule has 1 aliphatic rings. The lowest BCUT2D eigenvalue weighted by molar-refractivity contribution is -0.119. The Hall–Kier alpha value is -1.91. The fourth-order valence-electron chi connectivity index (χ4n) is 3.62. The van der Waals surface area contributed by atoms with Crippen molar-refractivity contribution >= 4 is 16.7 Å². The molecule has 1 saturated heterocycles. The zero-order chi connectivity index (χ0) is 16.9. The second kappa shape index (κ2) is 7.77. The first-order chi connectivity index (χ1) is 11.7. The molecule has 1 amide bonds. The van der Waals surface area contributed by atoms with Crippen LogP contribution in [0.2, 0.25) is 0 Å². The molecule has 0 spiro atoms. The number of nitrogens with two attached hydrogens (primary N) is 1. The van der Waals surface area contributed by atoms with Gasteiger partial charge in [-0.2, -0.15) is 0 Å². The van der Waals surface area contributed by atoms with E-state index in [-0.39, 0.29) is 11.8 Å². The van der Waals surface area contributed by atoms with Crippen molar-refractivity contribution in [2.24, 2.45) is 5.73 Å². The number of primary amides is 1. The molecule has 24 heavy (non-hydrogen) atoms. The highest BCUT2D eigenvalue weighted by Gasteiger charge is 2.22. The van der Waals surface area contributed by atoms with Crippen LogP contribution in [0.25, 0.3) is 10.8 Å². The van der Waals surface area contributed by atoms with Crippen LogP contribution >= 0.6 is 0 Å². The average molecular weight is 326 g/mol. The first kappa shape index (κ1) is 16.9. The largest absolute Gasteiger partial charge is 0.379 e. The zero-order valence-corrected chi connectivity index (χ0v) is 14.3. The van der Waals surface area contributed by atoms with Gasteiger partial charge in [-0.05, 0) is 34.7 Å². The fourth-order valence-corrected chi connectivity index (χ4v) is 3.62. The Labute approximate surface area is 143 Å². The Bertz CT molecular complexity index is 708. The van der Waals surface area contributed by atoms with E-state index in [1.54, 1.807) is 0 Å². The van der Waals surface area contributed by atoms with E-state index in [4.69, 9.17) is 10.5 Å². The summed E-state index contributed by atoms with van der Waals surface area (Å²) in [6.07, 6.45) is 1.66. The van der Waals surface area contributed by atoms with Crippen molar-refractivity contribution in [2.75, 3.05) is 32.8 Å². The monoisotopic (exact) mass is 326 g/mol. The van der Waals surface area contributed by atoms with E-state index in [0.717, 1.165) is 56.6 Å². The standard InChI is InChI=1S/C20H26N2O2/c1-2-17(20(21)23)19-16(9-10-22-11-13-24-14-12-22)8-7-15-5-3-4-6-18(15)19/h3-8,17H,2,9-14H2,1H3,(H2,21,23). The molecule has 1 unspecified atom stereocenters. The second-order valence-corrected chi connectivity index (χ2v) is 6.43. The van der Waals surface area contributed by atoms with Crippen LogP contribution in [0.15, 0.2) is 36.4 Å². The van der Waals surface area contributed by atoms with Crippen LogP contribution in [0.5, 0.6) is 0 Å². The van der Waals surface area contributed by atoms with Gasteiger partial charge >= 0.3 is 0 Å². The lowest BCUT2D eigenvalue weighted by atomic mass is 9.86. The average Bonchev–Trinajstić information content (AvgIpc) is 2.62. The van der Waals surface area contributed by atoms with Gasteiger partial charge in [-0.25, -0.2) is 0 Å². The first-order valence-electron chi connectivity index (χ1n) is 8.80. The number of ether oxygens (including phenoxy) is 1. The molecule has 0 radical (unpaired) electrons. The van der Waals surface area contributed by atoms with E-state index in [1.807, 2.05) is 19.1 Å². The summed E-state index contributed by atoms with van der Waals surface area (Å²) in [6, 6.07) is 12.6. The Morgan fingerprint density at radius 3 is 2.67 bits per heavy atom. The number of carbonyl (C=O) groups excluding carboxylic acids is 1. The predicted octanol–water partition coefficient (Wildman–Crippen LogP) is 2.69. The van der Waals surface area contributed by atoms with Crippen LogP contribution in [0.4, 0.5) is 0 Å². The molecule has 1 atom stereocenters. The van der Waals surface area contributed by atoms with Gasteiger partial charge in [0.25, 0.3) is 0 Å². The van der Waals surface area contributed by atoms with Crippen molar-refractivity contribution < 1.29 is 9.53 Å². The summed E-state index contributed by atoms with van der Waals surface area (Å²) in [7, 11) is 0. The maximum atomic E-state index is 12.0. The number of nitrogens with zero attached hydrogens (tertiary/aromatic N) is 1. The number of hydrogen-bond acceptors (Lipinski definition) is 3. The number of carbonyl (C=O) groups is 1. The Morgan fingerprint density at radius 2 is 1.96 bits per heavy atom. The van der Waals surface area contributed by atoms with Crippen LogP contribution in [0.3, 0.4) is 0 Å². The number of fused-ring (bicyclic) bond motifs is 1. The van der Waals surface area contributed by atoms with Crippen LogP contribution in [0.1, 0.15) is 30.4 Å². The van der Waals surface area contributed by atoms with E-state index < -0.39 is 0 Å². The smallest absolute Gasteiger partial charge is 0.224 e. The molecule has 2 aromatic carbocycles. The minimum Gasteiger partial charge on any atom is -0.379 e. The molecule has 0 aliphatic carbocycles. The molecule has 1 heterocycles. The number of hydrogen-bond donors (Lipinski definition) is 1. The normalized spacial score (nSPS) is 17.0. The van der Waals surface area contributed by atoms with Gasteiger partial charge in [0.2, 0.25) is 5.91 Å². The molecule has 2 aromatic rings. The molecule has 0 bridgehead atoms.